The minimum absolute atomic E-state index is 0.0439. The van der Waals surface area contributed by atoms with Crippen LogP contribution in [0.3, 0.4) is 0 Å². The first-order chi connectivity index (χ1) is 7.06. The van der Waals surface area contributed by atoms with E-state index < -0.39 is 5.82 Å². The SMILES string of the molecule is CC(C)C1(c2ccc(F)cc2F)CCC1. The molecular formula is C13H16F2. The maximum absolute atomic E-state index is 13.7. The van der Waals surface area contributed by atoms with Crippen molar-refractivity contribution >= 4 is 0 Å². The molecule has 1 fully saturated rings. The number of hydrogen-bond acceptors (Lipinski definition) is 0. The van der Waals surface area contributed by atoms with Gasteiger partial charge in [0.1, 0.15) is 11.6 Å². The molecule has 0 saturated heterocycles. The second-order valence-electron chi connectivity index (χ2n) is 4.79. The van der Waals surface area contributed by atoms with Gasteiger partial charge in [-0.25, -0.2) is 8.78 Å². The van der Waals surface area contributed by atoms with Crippen molar-refractivity contribution in [2.45, 2.75) is 38.5 Å². The summed E-state index contributed by atoms with van der Waals surface area (Å²) in [5.41, 5.74) is 0.655. The van der Waals surface area contributed by atoms with Gasteiger partial charge < -0.3 is 0 Å². The number of halogens is 2. The summed E-state index contributed by atoms with van der Waals surface area (Å²) in [4.78, 5) is 0. The Morgan fingerprint density at radius 1 is 1.20 bits per heavy atom. The molecule has 0 heterocycles. The van der Waals surface area contributed by atoms with Crippen LogP contribution in [0.4, 0.5) is 8.78 Å². The second-order valence-corrected chi connectivity index (χ2v) is 4.79. The standard InChI is InChI=1S/C13H16F2/c1-9(2)13(6-3-7-13)11-5-4-10(14)8-12(11)15/h4-5,8-9H,3,6-7H2,1-2H3. The van der Waals surface area contributed by atoms with Crippen LogP contribution in [-0.4, -0.2) is 0 Å². The van der Waals surface area contributed by atoms with Crippen molar-refractivity contribution in [2.75, 3.05) is 0 Å². The van der Waals surface area contributed by atoms with Crippen LogP contribution in [0.1, 0.15) is 38.7 Å². The van der Waals surface area contributed by atoms with Crippen molar-refractivity contribution in [3.8, 4) is 0 Å². The van der Waals surface area contributed by atoms with Crippen molar-refractivity contribution in [2.24, 2.45) is 5.92 Å². The van der Waals surface area contributed by atoms with Crippen LogP contribution in [0.5, 0.6) is 0 Å². The number of rotatable bonds is 2. The van der Waals surface area contributed by atoms with E-state index in [4.69, 9.17) is 0 Å². The first-order valence-corrected chi connectivity index (χ1v) is 5.52. The molecule has 0 amide bonds. The summed E-state index contributed by atoms with van der Waals surface area (Å²) in [6.07, 6.45) is 3.19. The van der Waals surface area contributed by atoms with E-state index in [1.54, 1.807) is 6.07 Å². The first kappa shape index (κ1) is 10.6. The predicted octanol–water partition coefficient (Wildman–Crippen LogP) is 4.04. The summed E-state index contributed by atoms with van der Waals surface area (Å²) < 4.78 is 26.5. The van der Waals surface area contributed by atoms with E-state index in [2.05, 4.69) is 13.8 Å². The highest BCUT2D eigenvalue weighted by atomic mass is 19.1. The fourth-order valence-corrected chi connectivity index (χ4v) is 2.61. The zero-order valence-corrected chi connectivity index (χ0v) is 9.19. The Hall–Kier alpha value is -0.920. The zero-order chi connectivity index (χ0) is 11.1. The van der Waals surface area contributed by atoms with Crippen LogP contribution < -0.4 is 0 Å². The third-order valence-corrected chi connectivity index (χ3v) is 3.82. The first-order valence-electron chi connectivity index (χ1n) is 5.52. The van der Waals surface area contributed by atoms with Gasteiger partial charge in [-0.1, -0.05) is 26.3 Å². The van der Waals surface area contributed by atoms with E-state index in [9.17, 15) is 8.78 Å². The van der Waals surface area contributed by atoms with Gasteiger partial charge in [-0.05, 0) is 30.4 Å². The Morgan fingerprint density at radius 3 is 2.27 bits per heavy atom. The topological polar surface area (TPSA) is 0 Å². The van der Waals surface area contributed by atoms with E-state index in [1.807, 2.05) is 0 Å². The van der Waals surface area contributed by atoms with Crippen molar-refractivity contribution in [3.05, 3.63) is 35.4 Å². The number of benzene rings is 1. The molecule has 0 bridgehead atoms. The van der Waals surface area contributed by atoms with E-state index in [0.717, 1.165) is 25.3 Å². The normalized spacial score (nSPS) is 19.0. The summed E-state index contributed by atoms with van der Waals surface area (Å²) in [6.45, 7) is 4.23. The fraction of sp³-hybridized carbons (Fsp3) is 0.538. The molecule has 0 nitrogen and oxygen atoms in total. The average Bonchev–Trinajstić information content (AvgIpc) is 2.05. The Labute approximate surface area is 89.3 Å². The molecule has 0 atom stereocenters. The summed E-state index contributed by atoms with van der Waals surface area (Å²) in [5, 5.41) is 0. The van der Waals surface area contributed by atoms with E-state index >= 15 is 0 Å². The van der Waals surface area contributed by atoms with Crippen molar-refractivity contribution in [3.63, 3.8) is 0 Å². The quantitative estimate of drug-likeness (QED) is 0.691. The molecule has 15 heavy (non-hydrogen) atoms. The van der Waals surface area contributed by atoms with Gasteiger partial charge in [0, 0.05) is 11.5 Å². The minimum atomic E-state index is -0.491. The lowest BCUT2D eigenvalue weighted by atomic mass is 9.58. The molecule has 0 radical (unpaired) electrons. The molecule has 0 unspecified atom stereocenters. The van der Waals surface area contributed by atoms with Crippen LogP contribution in [0.25, 0.3) is 0 Å². The molecule has 1 aromatic rings. The molecule has 2 rings (SSSR count). The van der Waals surface area contributed by atoms with Gasteiger partial charge in [0.2, 0.25) is 0 Å². The van der Waals surface area contributed by atoms with Gasteiger partial charge in [0.15, 0.2) is 0 Å². The third kappa shape index (κ3) is 1.56. The van der Waals surface area contributed by atoms with Gasteiger partial charge in [-0.3, -0.25) is 0 Å². The molecule has 2 heteroatoms. The summed E-state index contributed by atoms with van der Waals surface area (Å²) in [7, 11) is 0. The molecule has 0 N–H and O–H groups in total. The van der Waals surface area contributed by atoms with Crippen LogP contribution in [-0.2, 0) is 5.41 Å². The second kappa shape index (κ2) is 3.58. The van der Waals surface area contributed by atoms with E-state index in [-0.39, 0.29) is 11.2 Å². The molecule has 1 aliphatic carbocycles. The van der Waals surface area contributed by atoms with E-state index in [0.29, 0.717) is 11.5 Å². The Morgan fingerprint density at radius 2 is 1.87 bits per heavy atom. The average molecular weight is 210 g/mol. The highest BCUT2D eigenvalue weighted by molar-refractivity contribution is 5.30. The van der Waals surface area contributed by atoms with Crippen molar-refractivity contribution in [1.82, 2.24) is 0 Å². The largest absolute Gasteiger partial charge is 0.207 e. The maximum Gasteiger partial charge on any atom is 0.129 e. The van der Waals surface area contributed by atoms with Crippen molar-refractivity contribution in [1.29, 1.82) is 0 Å². The lowest BCUT2D eigenvalue weighted by Gasteiger charge is -2.46. The molecule has 1 saturated carbocycles. The van der Waals surface area contributed by atoms with Crippen LogP contribution in [0.2, 0.25) is 0 Å². The van der Waals surface area contributed by atoms with Crippen molar-refractivity contribution < 1.29 is 8.78 Å². The molecule has 0 aromatic heterocycles. The van der Waals surface area contributed by atoms with Gasteiger partial charge in [0.25, 0.3) is 0 Å². The van der Waals surface area contributed by atoms with Gasteiger partial charge in [0.05, 0.1) is 0 Å². The van der Waals surface area contributed by atoms with E-state index in [1.165, 1.54) is 6.07 Å². The Kier molecular flexibility index (Phi) is 2.53. The molecule has 1 aromatic carbocycles. The van der Waals surface area contributed by atoms with Gasteiger partial charge in [-0.2, -0.15) is 0 Å². The van der Waals surface area contributed by atoms with Gasteiger partial charge in [-0.15, -0.1) is 0 Å². The highest BCUT2D eigenvalue weighted by Crippen LogP contribution is 2.49. The summed E-state index contributed by atoms with van der Waals surface area (Å²) in [6, 6.07) is 3.97. The minimum Gasteiger partial charge on any atom is -0.207 e. The van der Waals surface area contributed by atoms with Gasteiger partial charge >= 0.3 is 0 Å². The molecule has 1 aliphatic rings. The Balaban J connectivity index is 2.43. The summed E-state index contributed by atoms with van der Waals surface area (Å²) >= 11 is 0. The Bertz CT molecular complexity index is 365. The monoisotopic (exact) mass is 210 g/mol. The van der Waals surface area contributed by atoms with Crippen LogP contribution in [0, 0.1) is 17.6 Å². The lowest BCUT2D eigenvalue weighted by molar-refractivity contribution is 0.163. The molecule has 0 spiro atoms. The smallest absolute Gasteiger partial charge is 0.129 e. The van der Waals surface area contributed by atoms with Crippen LogP contribution >= 0.6 is 0 Å². The lowest BCUT2D eigenvalue weighted by Crippen LogP contribution is -2.40. The number of hydrogen-bond donors (Lipinski definition) is 0. The molecular weight excluding hydrogens is 194 g/mol. The maximum atomic E-state index is 13.7. The zero-order valence-electron chi connectivity index (χ0n) is 9.19. The summed E-state index contributed by atoms with van der Waals surface area (Å²) in [5.74, 6) is -0.468. The molecule has 0 aliphatic heterocycles. The predicted molar refractivity (Wildman–Crippen MR) is 56.7 cm³/mol. The van der Waals surface area contributed by atoms with Crippen LogP contribution in [0.15, 0.2) is 18.2 Å². The third-order valence-electron chi connectivity index (χ3n) is 3.82. The fourth-order valence-electron chi connectivity index (χ4n) is 2.61. The highest BCUT2D eigenvalue weighted by Gasteiger charge is 2.42. The molecule has 82 valence electrons.